The van der Waals surface area contributed by atoms with Crippen molar-refractivity contribution in [2.45, 2.75) is 43.4 Å². The van der Waals surface area contributed by atoms with Gasteiger partial charge < -0.3 is 5.32 Å². The molecule has 0 unspecified atom stereocenters. The summed E-state index contributed by atoms with van der Waals surface area (Å²) >= 11 is 3.60. The minimum atomic E-state index is -0.0340. The van der Waals surface area contributed by atoms with Crippen LogP contribution in [0.15, 0.2) is 88.8 Å². The molecule has 2 aliphatic rings. The largest absolute Gasteiger partial charge is 0.347 e. The van der Waals surface area contributed by atoms with Gasteiger partial charge in [-0.1, -0.05) is 48.0 Å². The Balaban J connectivity index is 1.20. The number of carbonyl (C=O) groups excluding carboxylic acids is 1. The van der Waals surface area contributed by atoms with E-state index in [0.717, 1.165) is 38.8 Å². The van der Waals surface area contributed by atoms with Gasteiger partial charge in [-0.15, -0.1) is 11.3 Å². The molecule has 1 aliphatic carbocycles. The van der Waals surface area contributed by atoms with Crippen molar-refractivity contribution in [1.82, 2.24) is 14.6 Å². The Morgan fingerprint density at radius 2 is 1.87 bits per heavy atom. The highest BCUT2D eigenvalue weighted by atomic mass is 32.2. The lowest BCUT2D eigenvalue weighted by Gasteiger charge is -2.29. The first-order valence-electron chi connectivity index (χ1n) is 13.2. The summed E-state index contributed by atoms with van der Waals surface area (Å²) in [5.41, 5.74) is 10.2. The van der Waals surface area contributed by atoms with E-state index in [4.69, 9.17) is 4.98 Å². The summed E-state index contributed by atoms with van der Waals surface area (Å²) in [6, 6.07) is 24.9. The van der Waals surface area contributed by atoms with E-state index in [-0.39, 0.29) is 5.91 Å². The molecule has 0 radical (unpaired) electrons. The van der Waals surface area contributed by atoms with Gasteiger partial charge in [0, 0.05) is 35.3 Å². The summed E-state index contributed by atoms with van der Waals surface area (Å²) in [7, 11) is 0. The number of aromatic nitrogens is 1. The maximum absolute atomic E-state index is 12.4. The van der Waals surface area contributed by atoms with Crippen molar-refractivity contribution >= 4 is 34.8 Å². The van der Waals surface area contributed by atoms with Crippen molar-refractivity contribution in [2.75, 3.05) is 13.1 Å². The van der Waals surface area contributed by atoms with Gasteiger partial charge in [-0.2, -0.15) is 0 Å². The molecule has 1 saturated heterocycles. The zero-order valence-corrected chi connectivity index (χ0v) is 23.2. The molecule has 3 heterocycles. The van der Waals surface area contributed by atoms with Crippen molar-refractivity contribution in [3.8, 4) is 0 Å². The molecule has 6 heteroatoms. The average molecular weight is 538 g/mol. The number of benzene rings is 2. The third-order valence-electron chi connectivity index (χ3n) is 7.24. The number of amides is 1. The Morgan fingerprint density at radius 3 is 2.76 bits per heavy atom. The summed E-state index contributed by atoms with van der Waals surface area (Å²) in [5.74, 6) is -0.0340. The fourth-order valence-electron chi connectivity index (χ4n) is 5.40. The lowest BCUT2D eigenvalue weighted by molar-refractivity contribution is 0.0951. The van der Waals surface area contributed by atoms with Gasteiger partial charge in [0.15, 0.2) is 0 Å². The predicted octanol–water partition coefficient (Wildman–Crippen LogP) is 7.09. The van der Waals surface area contributed by atoms with Crippen molar-refractivity contribution < 1.29 is 4.79 Å². The standard InChI is InChI=1S/C32H31N3OS2/c1-22-11-15-28-25(19-22)13-12-23-9-5-17-33-31(23)30(28)26-10-6-18-35(21-26)38-29-16-14-27(37-29)20-34-32(36)24-7-3-2-4-8-24/h2-5,7-9,11,14-17,19H,6,10,12-13,18,20-21H2,1H3,(H,34,36)/b30-26+. The van der Waals surface area contributed by atoms with Crippen LogP contribution in [-0.4, -0.2) is 28.3 Å². The maximum atomic E-state index is 12.4. The quantitative estimate of drug-likeness (QED) is 0.276. The van der Waals surface area contributed by atoms with E-state index in [1.807, 2.05) is 48.5 Å². The van der Waals surface area contributed by atoms with E-state index in [1.54, 1.807) is 11.3 Å². The predicted molar refractivity (Wildman–Crippen MR) is 157 cm³/mol. The maximum Gasteiger partial charge on any atom is 0.251 e. The first-order valence-corrected chi connectivity index (χ1v) is 14.8. The van der Waals surface area contributed by atoms with Gasteiger partial charge in [0.05, 0.1) is 16.4 Å². The van der Waals surface area contributed by atoms with E-state index in [1.165, 1.54) is 48.2 Å². The van der Waals surface area contributed by atoms with Crippen LogP contribution in [0, 0.1) is 6.92 Å². The SMILES string of the molecule is Cc1ccc2c(c1)CCc1cccnc1/C2=C1\CCCN(Sc2ccc(CNC(=O)c3ccccc3)s2)C1. The van der Waals surface area contributed by atoms with Crippen LogP contribution in [0.4, 0.5) is 0 Å². The monoisotopic (exact) mass is 537 g/mol. The fraction of sp³-hybridized carbons (Fsp3) is 0.250. The summed E-state index contributed by atoms with van der Waals surface area (Å²) in [4.78, 5) is 18.5. The topological polar surface area (TPSA) is 45.2 Å². The van der Waals surface area contributed by atoms with Crippen LogP contribution in [0.25, 0.3) is 5.57 Å². The smallest absolute Gasteiger partial charge is 0.251 e. The summed E-state index contributed by atoms with van der Waals surface area (Å²) in [6.07, 6.45) is 6.28. The first-order chi connectivity index (χ1) is 18.6. The van der Waals surface area contributed by atoms with Gasteiger partial charge in [0.2, 0.25) is 0 Å². The summed E-state index contributed by atoms with van der Waals surface area (Å²) in [5, 5.41) is 3.05. The third kappa shape index (κ3) is 5.48. The number of nitrogens with zero attached hydrogens (tertiary/aromatic N) is 2. The first kappa shape index (κ1) is 25.1. The summed E-state index contributed by atoms with van der Waals surface area (Å²) in [6.45, 7) is 4.73. The molecule has 0 saturated carbocycles. The minimum Gasteiger partial charge on any atom is -0.347 e. The van der Waals surface area contributed by atoms with Gasteiger partial charge in [-0.25, -0.2) is 4.31 Å². The van der Waals surface area contributed by atoms with Crippen molar-refractivity contribution in [1.29, 1.82) is 0 Å². The zero-order valence-electron chi connectivity index (χ0n) is 21.6. The molecule has 6 rings (SSSR count). The lowest BCUT2D eigenvalue weighted by atomic mass is 9.89. The Morgan fingerprint density at radius 1 is 1.00 bits per heavy atom. The number of hydrogen-bond acceptors (Lipinski definition) is 5. The molecule has 0 atom stereocenters. The number of thiophene rings is 1. The molecule has 2 aromatic heterocycles. The number of rotatable bonds is 5. The number of pyridine rings is 1. The molecule has 0 bridgehead atoms. The number of piperidine rings is 1. The molecule has 4 nitrogen and oxygen atoms in total. The second kappa shape index (κ2) is 11.3. The zero-order chi connectivity index (χ0) is 25.9. The molecule has 38 heavy (non-hydrogen) atoms. The highest BCUT2D eigenvalue weighted by Gasteiger charge is 2.26. The second-order valence-corrected chi connectivity index (χ2v) is 12.5. The van der Waals surface area contributed by atoms with E-state index < -0.39 is 0 Å². The van der Waals surface area contributed by atoms with Gasteiger partial charge in [0.25, 0.3) is 5.91 Å². The van der Waals surface area contributed by atoms with Gasteiger partial charge in [-0.3, -0.25) is 9.78 Å². The molecule has 1 fully saturated rings. The Kier molecular flexibility index (Phi) is 7.45. The molecular weight excluding hydrogens is 507 g/mol. The Bertz CT molecular complexity index is 1490. The van der Waals surface area contributed by atoms with E-state index in [0.29, 0.717) is 12.1 Å². The van der Waals surface area contributed by atoms with Crippen LogP contribution in [0.1, 0.15) is 56.0 Å². The Labute approximate surface area is 233 Å². The molecule has 192 valence electrons. The van der Waals surface area contributed by atoms with Crippen molar-refractivity contribution in [3.05, 3.63) is 123 Å². The number of nitrogens with one attached hydrogen (secondary N) is 1. The molecule has 0 spiro atoms. The summed E-state index contributed by atoms with van der Waals surface area (Å²) < 4.78 is 3.75. The van der Waals surface area contributed by atoms with Crippen LogP contribution in [0.5, 0.6) is 0 Å². The highest BCUT2D eigenvalue weighted by Crippen LogP contribution is 2.40. The van der Waals surface area contributed by atoms with Gasteiger partial charge in [-0.05, 0) is 97.2 Å². The number of fused-ring (bicyclic) bond motifs is 2. The van der Waals surface area contributed by atoms with Gasteiger partial charge >= 0.3 is 0 Å². The van der Waals surface area contributed by atoms with Crippen LogP contribution in [-0.2, 0) is 19.4 Å². The van der Waals surface area contributed by atoms with Crippen LogP contribution < -0.4 is 5.32 Å². The molecule has 1 N–H and O–H groups in total. The Hall–Kier alpha value is -3.19. The molecular formula is C32H31N3OS2. The third-order valence-corrected chi connectivity index (χ3v) is 9.48. The molecule has 2 aromatic carbocycles. The van der Waals surface area contributed by atoms with Crippen molar-refractivity contribution in [3.63, 3.8) is 0 Å². The van der Waals surface area contributed by atoms with Crippen LogP contribution in [0.3, 0.4) is 0 Å². The lowest BCUT2D eigenvalue weighted by Crippen LogP contribution is -2.26. The molecule has 1 aliphatic heterocycles. The average Bonchev–Trinajstić information content (AvgIpc) is 3.33. The van der Waals surface area contributed by atoms with E-state index >= 15 is 0 Å². The normalized spacial score (nSPS) is 17.4. The fourth-order valence-corrected chi connectivity index (χ4v) is 7.69. The van der Waals surface area contributed by atoms with Gasteiger partial charge in [0.1, 0.15) is 0 Å². The van der Waals surface area contributed by atoms with Crippen LogP contribution in [0.2, 0.25) is 0 Å². The van der Waals surface area contributed by atoms with Crippen molar-refractivity contribution in [2.24, 2.45) is 0 Å². The number of hydrogen-bond donors (Lipinski definition) is 1. The minimum absolute atomic E-state index is 0.0340. The van der Waals surface area contributed by atoms with E-state index in [9.17, 15) is 4.79 Å². The second-order valence-electron chi connectivity index (χ2n) is 9.98. The number of carbonyl (C=O) groups is 1. The molecule has 4 aromatic rings. The molecule has 1 amide bonds. The van der Waals surface area contributed by atoms with Crippen LogP contribution >= 0.6 is 23.3 Å². The highest BCUT2D eigenvalue weighted by molar-refractivity contribution is 7.98. The van der Waals surface area contributed by atoms with E-state index in [2.05, 4.69) is 59.0 Å². The number of aryl methyl sites for hydroxylation is 3.